The first-order chi connectivity index (χ1) is 7.35. The maximum Gasteiger partial charge on any atom is 0.0210 e. The first kappa shape index (κ1) is 10.7. The first-order valence-corrected chi connectivity index (χ1v) is 6.14. The van der Waals surface area contributed by atoms with Crippen LogP contribution >= 0.6 is 0 Å². The first-order valence-electron chi connectivity index (χ1n) is 6.14. The number of hydrogen-bond acceptors (Lipinski definition) is 1. The summed E-state index contributed by atoms with van der Waals surface area (Å²) in [6.07, 6.45) is 6.78. The van der Waals surface area contributed by atoms with Crippen molar-refractivity contribution in [3.63, 3.8) is 0 Å². The molecule has 1 nitrogen and oxygen atoms in total. The standard InChI is InChI=1S/C14H21N/c1-2-14(10-6-7-11-14)15-12-13-8-4-3-5-9-13/h3-5,8-9,15H,2,6-7,10-12H2,1H3. The molecule has 0 amide bonds. The molecular formula is C14H21N. The van der Waals surface area contributed by atoms with Crippen molar-refractivity contribution in [1.29, 1.82) is 0 Å². The lowest BCUT2D eigenvalue weighted by molar-refractivity contribution is 0.318. The van der Waals surface area contributed by atoms with Crippen LogP contribution in [0.1, 0.15) is 44.6 Å². The maximum atomic E-state index is 3.76. The molecule has 0 saturated heterocycles. The van der Waals surface area contributed by atoms with Crippen LogP contribution in [0, 0.1) is 0 Å². The van der Waals surface area contributed by atoms with Crippen molar-refractivity contribution < 1.29 is 0 Å². The van der Waals surface area contributed by atoms with Crippen molar-refractivity contribution >= 4 is 0 Å². The molecule has 0 heterocycles. The van der Waals surface area contributed by atoms with Gasteiger partial charge in [0, 0.05) is 12.1 Å². The lowest BCUT2D eigenvalue weighted by atomic mass is 9.94. The van der Waals surface area contributed by atoms with E-state index in [0.717, 1.165) is 6.54 Å². The summed E-state index contributed by atoms with van der Waals surface area (Å²) in [5.74, 6) is 0. The minimum absolute atomic E-state index is 0.440. The molecule has 1 aromatic carbocycles. The van der Waals surface area contributed by atoms with Crippen LogP contribution in [0.3, 0.4) is 0 Å². The quantitative estimate of drug-likeness (QED) is 0.789. The Labute approximate surface area is 92.9 Å². The molecule has 0 atom stereocenters. The van der Waals surface area contributed by atoms with Crippen molar-refractivity contribution in [2.45, 2.75) is 51.1 Å². The highest BCUT2D eigenvalue weighted by molar-refractivity contribution is 5.14. The van der Waals surface area contributed by atoms with Gasteiger partial charge in [-0.25, -0.2) is 0 Å². The smallest absolute Gasteiger partial charge is 0.0210 e. The molecule has 2 rings (SSSR count). The zero-order valence-electron chi connectivity index (χ0n) is 9.63. The second kappa shape index (κ2) is 4.80. The molecule has 1 aliphatic rings. The summed E-state index contributed by atoms with van der Waals surface area (Å²) in [6.45, 7) is 3.33. The Morgan fingerprint density at radius 1 is 1.13 bits per heavy atom. The molecule has 1 N–H and O–H groups in total. The van der Waals surface area contributed by atoms with Gasteiger partial charge in [-0.05, 0) is 24.8 Å². The Hall–Kier alpha value is -0.820. The van der Waals surface area contributed by atoms with Gasteiger partial charge in [-0.3, -0.25) is 0 Å². The third-order valence-electron chi connectivity index (χ3n) is 3.75. The van der Waals surface area contributed by atoms with E-state index in [9.17, 15) is 0 Å². The van der Waals surface area contributed by atoms with Gasteiger partial charge in [0.25, 0.3) is 0 Å². The fourth-order valence-electron chi connectivity index (χ4n) is 2.59. The lowest BCUT2D eigenvalue weighted by Crippen LogP contribution is -2.41. The Kier molecular flexibility index (Phi) is 3.42. The normalized spacial score (nSPS) is 19.3. The van der Waals surface area contributed by atoms with Gasteiger partial charge in [-0.2, -0.15) is 0 Å². The van der Waals surface area contributed by atoms with Crippen LogP contribution in [-0.4, -0.2) is 5.54 Å². The topological polar surface area (TPSA) is 12.0 Å². The van der Waals surface area contributed by atoms with Crippen LogP contribution in [0.15, 0.2) is 30.3 Å². The van der Waals surface area contributed by atoms with E-state index in [1.54, 1.807) is 0 Å². The van der Waals surface area contributed by atoms with Gasteiger partial charge in [0.2, 0.25) is 0 Å². The molecule has 15 heavy (non-hydrogen) atoms. The van der Waals surface area contributed by atoms with Crippen molar-refractivity contribution in [2.24, 2.45) is 0 Å². The van der Waals surface area contributed by atoms with Gasteiger partial charge in [0.15, 0.2) is 0 Å². The summed E-state index contributed by atoms with van der Waals surface area (Å²) in [5.41, 5.74) is 1.84. The fourth-order valence-corrected chi connectivity index (χ4v) is 2.59. The molecule has 0 unspecified atom stereocenters. The second-order valence-corrected chi connectivity index (χ2v) is 4.68. The van der Waals surface area contributed by atoms with E-state index in [0.29, 0.717) is 5.54 Å². The molecule has 1 heteroatoms. The van der Waals surface area contributed by atoms with E-state index in [1.807, 2.05) is 0 Å². The monoisotopic (exact) mass is 203 g/mol. The third-order valence-corrected chi connectivity index (χ3v) is 3.75. The van der Waals surface area contributed by atoms with Crippen LogP contribution in [0.4, 0.5) is 0 Å². The fraction of sp³-hybridized carbons (Fsp3) is 0.571. The predicted octanol–water partition coefficient (Wildman–Crippen LogP) is 3.50. The summed E-state index contributed by atoms with van der Waals surface area (Å²) in [4.78, 5) is 0. The van der Waals surface area contributed by atoms with Gasteiger partial charge in [0.05, 0.1) is 0 Å². The molecule has 82 valence electrons. The van der Waals surface area contributed by atoms with Gasteiger partial charge in [0.1, 0.15) is 0 Å². The van der Waals surface area contributed by atoms with Crippen LogP contribution < -0.4 is 5.32 Å². The number of hydrogen-bond donors (Lipinski definition) is 1. The third kappa shape index (κ3) is 2.60. The molecule has 0 aromatic heterocycles. The highest BCUT2D eigenvalue weighted by Crippen LogP contribution is 2.32. The largest absolute Gasteiger partial charge is 0.307 e. The SMILES string of the molecule is CCC1(NCc2ccccc2)CCCC1. The van der Waals surface area contributed by atoms with Crippen molar-refractivity contribution in [3.05, 3.63) is 35.9 Å². The molecule has 0 radical (unpaired) electrons. The van der Waals surface area contributed by atoms with E-state index in [2.05, 4.69) is 42.6 Å². The minimum atomic E-state index is 0.440. The van der Waals surface area contributed by atoms with Crippen LogP contribution in [0.25, 0.3) is 0 Å². The van der Waals surface area contributed by atoms with E-state index in [1.165, 1.54) is 37.7 Å². The zero-order valence-corrected chi connectivity index (χ0v) is 9.63. The number of benzene rings is 1. The lowest BCUT2D eigenvalue weighted by Gasteiger charge is -2.29. The minimum Gasteiger partial charge on any atom is -0.307 e. The Balaban J connectivity index is 1.92. The molecule has 1 fully saturated rings. The van der Waals surface area contributed by atoms with Gasteiger partial charge in [-0.1, -0.05) is 50.1 Å². The van der Waals surface area contributed by atoms with Gasteiger partial charge < -0.3 is 5.32 Å². The Morgan fingerprint density at radius 2 is 1.80 bits per heavy atom. The molecule has 0 aliphatic heterocycles. The second-order valence-electron chi connectivity index (χ2n) is 4.68. The summed E-state index contributed by atoms with van der Waals surface area (Å²) < 4.78 is 0. The Morgan fingerprint density at radius 3 is 2.40 bits per heavy atom. The van der Waals surface area contributed by atoms with Gasteiger partial charge in [-0.15, -0.1) is 0 Å². The summed E-state index contributed by atoms with van der Waals surface area (Å²) in [7, 11) is 0. The van der Waals surface area contributed by atoms with E-state index in [4.69, 9.17) is 0 Å². The van der Waals surface area contributed by atoms with Gasteiger partial charge >= 0.3 is 0 Å². The average Bonchev–Trinajstić information content (AvgIpc) is 2.77. The highest BCUT2D eigenvalue weighted by atomic mass is 15.0. The average molecular weight is 203 g/mol. The van der Waals surface area contributed by atoms with Crippen molar-refractivity contribution in [3.8, 4) is 0 Å². The van der Waals surface area contributed by atoms with Crippen LogP contribution in [0.2, 0.25) is 0 Å². The molecule has 1 aromatic rings. The van der Waals surface area contributed by atoms with E-state index >= 15 is 0 Å². The summed E-state index contributed by atoms with van der Waals surface area (Å²) in [6, 6.07) is 10.7. The van der Waals surface area contributed by atoms with Crippen LogP contribution in [0.5, 0.6) is 0 Å². The van der Waals surface area contributed by atoms with Crippen molar-refractivity contribution in [2.75, 3.05) is 0 Å². The molecule has 1 saturated carbocycles. The molecule has 1 aliphatic carbocycles. The number of rotatable bonds is 4. The number of nitrogens with one attached hydrogen (secondary N) is 1. The molecular weight excluding hydrogens is 182 g/mol. The Bertz CT molecular complexity index is 285. The molecule has 0 bridgehead atoms. The summed E-state index contributed by atoms with van der Waals surface area (Å²) >= 11 is 0. The van der Waals surface area contributed by atoms with E-state index in [-0.39, 0.29) is 0 Å². The van der Waals surface area contributed by atoms with Crippen molar-refractivity contribution in [1.82, 2.24) is 5.32 Å². The predicted molar refractivity (Wildman–Crippen MR) is 64.8 cm³/mol. The zero-order chi connectivity index (χ0) is 10.6. The maximum absolute atomic E-state index is 3.76. The highest BCUT2D eigenvalue weighted by Gasteiger charge is 2.30. The summed E-state index contributed by atoms with van der Waals surface area (Å²) in [5, 5.41) is 3.76. The molecule has 0 spiro atoms. The van der Waals surface area contributed by atoms with Crippen LogP contribution in [-0.2, 0) is 6.54 Å². The van der Waals surface area contributed by atoms with E-state index < -0.39 is 0 Å².